The number of halogens is 1. The number of benzene rings is 1. The van der Waals surface area contributed by atoms with E-state index in [2.05, 4.69) is 20.9 Å². The van der Waals surface area contributed by atoms with Gasteiger partial charge < -0.3 is 15.0 Å². The number of aliphatic carboxylic acids is 1. The van der Waals surface area contributed by atoms with Crippen LogP contribution in [0.5, 0.6) is 0 Å². The van der Waals surface area contributed by atoms with Gasteiger partial charge in [-0.2, -0.15) is 0 Å². The minimum atomic E-state index is -1.02. The number of nitrogens with zero attached hydrogens (tertiary/aromatic N) is 1. The number of amides is 1. The van der Waals surface area contributed by atoms with Gasteiger partial charge in [0.05, 0.1) is 0 Å². The lowest BCUT2D eigenvalue weighted by Gasteiger charge is -2.24. The molecular formula is C14H15BrN2O3. The molecule has 2 aromatic rings. The number of hydrogen-bond donors (Lipinski definition) is 2. The van der Waals surface area contributed by atoms with E-state index in [1.54, 1.807) is 19.9 Å². The highest BCUT2D eigenvalue weighted by Crippen LogP contribution is 2.21. The van der Waals surface area contributed by atoms with Gasteiger partial charge in [0.1, 0.15) is 12.2 Å². The Hall–Kier alpha value is -1.82. The zero-order valence-corrected chi connectivity index (χ0v) is 12.8. The molecule has 2 N–H and O–H groups in total. The first-order valence-corrected chi connectivity index (χ1v) is 6.99. The third-order valence-electron chi connectivity index (χ3n) is 3.00. The van der Waals surface area contributed by atoms with E-state index in [1.807, 2.05) is 18.2 Å². The summed E-state index contributed by atoms with van der Waals surface area (Å²) in [7, 11) is 0. The van der Waals surface area contributed by atoms with E-state index < -0.39 is 5.97 Å². The predicted molar refractivity (Wildman–Crippen MR) is 79.8 cm³/mol. The zero-order valence-electron chi connectivity index (χ0n) is 11.2. The van der Waals surface area contributed by atoms with Crippen molar-refractivity contribution in [2.75, 3.05) is 6.54 Å². The number of carbonyl (C=O) groups is 2. The minimum absolute atomic E-state index is 0.184. The Morgan fingerprint density at radius 3 is 2.65 bits per heavy atom. The minimum Gasteiger partial charge on any atom is -0.480 e. The molecule has 0 saturated carbocycles. The number of aromatic nitrogens is 1. The Balaban J connectivity index is 2.35. The van der Waals surface area contributed by atoms with Crippen LogP contribution in [0.1, 0.15) is 24.3 Å². The van der Waals surface area contributed by atoms with Crippen molar-refractivity contribution in [3.05, 3.63) is 34.4 Å². The average Bonchev–Trinajstić information content (AvgIpc) is 2.77. The lowest BCUT2D eigenvalue weighted by Crippen LogP contribution is -2.40. The molecule has 0 saturated heterocycles. The van der Waals surface area contributed by atoms with Crippen molar-refractivity contribution in [2.24, 2.45) is 0 Å². The van der Waals surface area contributed by atoms with E-state index in [9.17, 15) is 9.59 Å². The molecule has 0 aliphatic heterocycles. The van der Waals surface area contributed by atoms with Crippen LogP contribution in [0.2, 0.25) is 0 Å². The molecule has 0 fully saturated rings. The van der Waals surface area contributed by atoms with E-state index in [4.69, 9.17) is 5.11 Å². The van der Waals surface area contributed by atoms with Gasteiger partial charge in [0.25, 0.3) is 5.91 Å². The first kappa shape index (κ1) is 14.6. The van der Waals surface area contributed by atoms with Crippen LogP contribution in [0.3, 0.4) is 0 Å². The second kappa shape index (κ2) is 5.66. The second-order valence-electron chi connectivity index (χ2n) is 4.84. The van der Waals surface area contributed by atoms with Crippen LogP contribution in [0.25, 0.3) is 10.9 Å². The highest BCUT2D eigenvalue weighted by atomic mass is 79.9. The van der Waals surface area contributed by atoms with E-state index in [1.165, 1.54) is 4.90 Å². The monoisotopic (exact) mass is 338 g/mol. The Labute approximate surface area is 124 Å². The molecular weight excluding hydrogens is 324 g/mol. The van der Waals surface area contributed by atoms with Gasteiger partial charge >= 0.3 is 5.97 Å². The Bertz CT molecular complexity index is 663. The molecule has 106 valence electrons. The maximum absolute atomic E-state index is 12.4. The molecule has 0 bridgehead atoms. The second-order valence-corrected chi connectivity index (χ2v) is 5.75. The van der Waals surface area contributed by atoms with Gasteiger partial charge in [0, 0.05) is 21.4 Å². The van der Waals surface area contributed by atoms with Crippen molar-refractivity contribution < 1.29 is 14.7 Å². The molecule has 2 rings (SSSR count). The van der Waals surface area contributed by atoms with Crippen LogP contribution >= 0.6 is 15.9 Å². The number of carboxylic acid groups (broad SMARTS) is 1. The Morgan fingerprint density at radius 2 is 2.05 bits per heavy atom. The Morgan fingerprint density at radius 1 is 1.35 bits per heavy atom. The maximum Gasteiger partial charge on any atom is 0.323 e. The molecule has 6 heteroatoms. The van der Waals surface area contributed by atoms with Gasteiger partial charge in [-0.1, -0.05) is 22.0 Å². The zero-order chi connectivity index (χ0) is 14.9. The molecule has 1 aromatic heterocycles. The molecule has 0 atom stereocenters. The molecule has 0 unspecified atom stereocenters. The van der Waals surface area contributed by atoms with Crippen LogP contribution in [0, 0.1) is 0 Å². The van der Waals surface area contributed by atoms with Gasteiger partial charge in [-0.05, 0) is 32.0 Å². The fourth-order valence-corrected chi connectivity index (χ4v) is 2.36. The van der Waals surface area contributed by atoms with Crippen LogP contribution < -0.4 is 0 Å². The molecule has 1 amide bonds. The summed E-state index contributed by atoms with van der Waals surface area (Å²) in [4.78, 5) is 27.6. The largest absolute Gasteiger partial charge is 0.480 e. The number of H-pyrrole nitrogens is 1. The molecule has 5 nitrogen and oxygen atoms in total. The summed E-state index contributed by atoms with van der Waals surface area (Å²) in [6.07, 6.45) is 0. The highest BCUT2D eigenvalue weighted by Gasteiger charge is 2.22. The van der Waals surface area contributed by atoms with Crippen molar-refractivity contribution in [3.63, 3.8) is 0 Å². The summed E-state index contributed by atoms with van der Waals surface area (Å²) in [6.45, 7) is 3.27. The topological polar surface area (TPSA) is 73.4 Å². The van der Waals surface area contributed by atoms with E-state index in [-0.39, 0.29) is 18.5 Å². The van der Waals surface area contributed by atoms with Crippen LogP contribution in [0.4, 0.5) is 0 Å². The predicted octanol–water partition coefficient (Wildman–Crippen LogP) is 2.87. The van der Waals surface area contributed by atoms with E-state index in [0.29, 0.717) is 5.69 Å². The summed E-state index contributed by atoms with van der Waals surface area (Å²) in [5.41, 5.74) is 1.23. The molecule has 1 aromatic carbocycles. The molecule has 0 spiro atoms. The summed E-state index contributed by atoms with van der Waals surface area (Å²) in [6, 6.07) is 7.22. The first-order valence-electron chi connectivity index (χ1n) is 6.19. The average molecular weight is 339 g/mol. The fraction of sp³-hybridized carbons (Fsp3) is 0.286. The Kier molecular flexibility index (Phi) is 4.13. The summed E-state index contributed by atoms with van der Waals surface area (Å²) < 4.78 is 0.914. The van der Waals surface area contributed by atoms with Crippen LogP contribution in [-0.2, 0) is 4.79 Å². The SMILES string of the molecule is CC(C)N(CC(=O)O)C(=O)c1cc2ccc(Br)cc2[nH]1. The van der Waals surface area contributed by atoms with Crippen molar-refractivity contribution in [1.82, 2.24) is 9.88 Å². The number of fused-ring (bicyclic) bond motifs is 1. The highest BCUT2D eigenvalue weighted by molar-refractivity contribution is 9.10. The lowest BCUT2D eigenvalue weighted by molar-refractivity contribution is -0.138. The number of rotatable bonds is 4. The number of aromatic amines is 1. The summed E-state index contributed by atoms with van der Waals surface area (Å²) in [5.74, 6) is -1.33. The molecule has 1 heterocycles. The number of carbonyl (C=O) groups excluding carboxylic acids is 1. The van der Waals surface area contributed by atoms with Crippen molar-refractivity contribution in [1.29, 1.82) is 0 Å². The molecule has 0 aliphatic rings. The molecule has 20 heavy (non-hydrogen) atoms. The van der Waals surface area contributed by atoms with Crippen molar-refractivity contribution >= 4 is 38.7 Å². The summed E-state index contributed by atoms with van der Waals surface area (Å²) >= 11 is 3.37. The van der Waals surface area contributed by atoms with E-state index in [0.717, 1.165) is 15.4 Å². The standard InChI is InChI=1S/C14H15BrN2O3/c1-8(2)17(7-13(18)19)14(20)12-5-9-3-4-10(15)6-11(9)16-12/h3-6,8,16H,7H2,1-2H3,(H,18,19). The van der Waals surface area contributed by atoms with Crippen molar-refractivity contribution in [3.8, 4) is 0 Å². The van der Waals surface area contributed by atoms with Crippen molar-refractivity contribution in [2.45, 2.75) is 19.9 Å². The third-order valence-corrected chi connectivity index (χ3v) is 3.50. The van der Waals surface area contributed by atoms with Gasteiger partial charge in [-0.15, -0.1) is 0 Å². The number of carboxylic acids is 1. The normalized spacial score (nSPS) is 11.0. The van der Waals surface area contributed by atoms with Crippen LogP contribution in [0.15, 0.2) is 28.7 Å². The molecule has 0 aliphatic carbocycles. The third kappa shape index (κ3) is 3.01. The quantitative estimate of drug-likeness (QED) is 0.900. The number of hydrogen-bond acceptors (Lipinski definition) is 2. The van der Waals surface area contributed by atoms with Gasteiger partial charge in [-0.3, -0.25) is 9.59 Å². The molecule has 0 radical (unpaired) electrons. The van der Waals surface area contributed by atoms with Gasteiger partial charge in [0.15, 0.2) is 0 Å². The lowest BCUT2D eigenvalue weighted by atomic mass is 10.2. The van der Waals surface area contributed by atoms with Crippen LogP contribution in [-0.4, -0.2) is 39.5 Å². The first-order chi connectivity index (χ1) is 9.38. The number of nitrogens with one attached hydrogen (secondary N) is 1. The maximum atomic E-state index is 12.4. The van der Waals surface area contributed by atoms with Gasteiger partial charge in [0.2, 0.25) is 0 Å². The summed E-state index contributed by atoms with van der Waals surface area (Å²) in [5, 5.41) is 9.81. The smallest absolute Gasteiger partial charge is 0.323 e. The van der Waals surface area contributed by atoms with Gasteiger partial charge in [-0.25, -0.2) is 0 Å². The van der Waals surface area contributed by atoms with E-state index >= 15 is 0 Å². The fourth-order valence-electron chi connectivity index (χ4n) is 2.00.